The average Bonchev–Trinajstić information content (AvgIpc) is 2.40. The zero-order chi connectivity index (χ0) is 13.8. The molecule has 0 heterocycles. The van der Waals surface area contributed by atoms with Gasteiger partial charge in [0.2, 0.25) is 0 Å². The molecule has 2 N–H and O–H groups in total. The molecular weight excluding hydrogens is 222 g/mol. The number of rotatable bonds is 12. The molecule has 0 aliphatic carbocycles. The summed E-state index contributed by atoms with van der Waals surface area (Å²) in [5.74, 6) is 0. The summed E-state index contributed by atoms with van der Waals surface area (Å²) in [6, 6.07) is 0.399. The lowest BCUT2D eigenvalue weighted by Crippen LogP contribution is -2.28. The van der Waals surface area contributed by atoms with Crippen molar-refractivity contribution >= 4 is 0 Å². The average molecular weight is 257 g/mol. The molecular formula is C15H35N3. The minimum Gasteiger partial charge on any atom is -0.328 e. The number of nitrogens with two attached hydrogens (primary N) is 1. The van der Waals surface area contributed by atoms with Crippen LogP contribution in [0.4, 0.5) is 0 Å². The van der Waals surface area contributed by atoms with Gasteiger partial charge >= 0.3 is 0 Å². The van der Waals surface area contributed by atoms with E-state index >= 15 is 0 Å². The first-order valence-corrected chi connectivity index (χ1v) is 7.88. The molecule has 0 radical (unpaired) electrons. The Bertz CT molecular complexity index is 147. The smallest absolute Gasteiger partial charge is 0.00397 e. The fourth-order valence-corrected chi connectivity index (χ4v) is 2.38. The van der Waals surface area contributed by atoms with Crippen molar-refractivity contribution < 1.29 is 0 Å². The maximum Gasteiger partial charge on any atom is 0.00397 e. The van der Waals surface area contributed by atoms with Crippen LogP contribution in [0.5, 0.6) is 0 Å². The van der Waals surface area contributed by atoms with Crippen LogP contribution >= 0.6 is 0 Å². The highest BCUT2D eigenvalue weighted by molar-refractivity contribution is 4.65. The summed E-state index contributed by atoms with van der Waals surface area (Å²) in [6.45, 7) is 16.0. The Hall–Kier alpha value is -0.120. The number of hydrogen-bond acceptors (Lipinski definition) is 3. The molecule has 0 fully saturated rings. The second-order valence-corrected chi connectivity index (χ2v) is 5.10. The first-order chi connectivity index (χ1) is 8.67. The van der Waals surface area contributed by atoms with E-state index in [2.05, 4.69) is 37.5 Å². The van der Waals surface area contributed by atoms with Crippen molar-refractivity contribution in [3.05, 3.63) is 0 Å². The largest absolute Gasteiger partial charge is 0.328 e. The molecule has 0 bridgehead atoms. The van der Waals surface area contributed by atoms with E-state index in [1.807, 2.05) is 0 Å². The lowest BCUT2D eigenvalue weighted by atomic mass is 10.1. The fourth-order valence-electron chi connectivity index (χ4n) is 2.38. The van der Waals surface area contributed by atoms with Crippen LogP contribution in [-0.2, 0) is 0 Å². The van der Waals surface area contributed by atoms with Crippen molar-refractivity contribution in [2.75, 3.05) is 39.3 Å². The van der Waals surface area contributed by atoms with Crippen LogP contribution in [0.15, 0.2) is 0 Å². The Morgan fingerprint density at radius 3 is 1.33 bits per heavy atom. The van der Waals surface area contributed by atoms with E-state index in [0.29, 0.717) is 6.04 Å². The molecule has 0 amide bonds. The lowest BCUT2D eigenvalue weighted by molar-refractivity contribution is 0.281. The van der Waals surface area contributed by atoms with Gasteiger partial charge in [-0.25, -0.2) is 0 Å². The predicted octanol–water partition coefficient (Wildman–Crippen LogP) is 2.56. The molecule has 110 valence electrons. The van der Waals surface area contributed by atoms with Gasteiger partial charge in [-0.15, -0.1) is 0 Å². The molecule has 0 atom stereocenters. The number of hydrogen-bond donors (Lipinski definition) is 1. The molecule has 0 aromatic carbocycles. The standard InChI is InChI=1S/C15H35N3/c1-5-17(6-2)13-9-11-15(16)12-10-14-18(7-3)8-4/h15H,5-14,16H2,1-4H3. The van der Waals surface area contributed by atoms with Crippen LogP contribution in [0.3, 0.4) is 0 Å². The summed E-state index contributed by atoms with van der Waals surface area (Å²) in [5.41, 5.74) is 6.17. The fraction of sp³-hybridized carbons (Fsp3) is 1.00. The molecule has 0 aromatic heterocycles. The third-order valence-electron chi connectivity index (χ3n) is 3.89. The van der Waals surface area contributed by atoms with E-state index in [1.165, 1.54) is 38.8 Å². The van der Waals surface area contributed by atoms with Gasteiger partial charge in [0.15, 0.2) is 0 Å². The third-order valence-corrected chi connectivity index (χ3v) is 3.89. The third kappa shape index (κ3) is 8.90. The molecule has 0 rings (SSSR count). The molecule has 0 aliphatic heterocycles. The Morgan fingerprint density at radius 2 is 1.06 bits per heavy atom. The van der Waals surface area contributed by atoms with Crippen LogP contribution in [0, 0.1) is 0 Å². The van der Waals surface area contributed by atoms with Gasteiger partial charge in [0.05, 0.1) is 0 Å². The van der Waals surface area contributed by atoms with Gasteiger partial charge in [0.25, 0.3) is 0 Å². The molecule has 0 saturated heterocycles. The Morgan fingerprint density at radius 1 is 0.722 bits per heavy atom. The minimum atomic E-state index is 0.399. The lowest BCUT2D eigenvalue weighted by Gasteiger charge is -2.21. The van der Waals surface area contributed by atoms with E-state index in [9.17, 15) is 0 Å². The molecule has 0 saturated carbocycles. The van der Waals surface area contributed by atoms with Gasteiger partial charge in [-0.1, -0.05) is 27.7 Å². The predicted molar refractivity (Wildman–Crippen MR) is 82.0 cm³/mol. The summed E-state index contributed by atoms with van der Waals surface area (Å²) < 4.78 is 0. The molecule has 18 heavy (non-hydrogen) atoms. The van der Waals surface area contributed by atoms with Crippen molar-refractivity contribution in [2.45, 2.75) is 59.4 Å². The Balaban J connectivity index is 3.50. The maximum atomic E-state index is 6.17. The quantitative estimate of drug-likeness (QED) is 0.583. The van der Waals surface area contributed by atoms with Gasteiger partial charge in [-0.05, 0) is 65.0 Å². The SMILES string of the molecule is CCN(CC)CCCC(N)CCCN(CC)CC. The molecule has 3 heteroatoms. The first kappa shape index (κ1) is 17.9. The molecule has 0 aromatic rings. The second-order valence-electron chi connectivity index (χ2n) is 5.10. The van der Waals surface area contributed by atoms with Crippen LogP contribution in [0.2, 0.25) is 0 Å². The Labute approximate surface area is 115 Å². The number of nitrogens with zero attached hydrogens (tertiary/aromatic N) is 2. The highest BCUT2D eigenvalue weighted by Crippen LogP contribution is 2.05. The molecule has 0 unspecified atom stereocenters. The van der Waals surface area contributed by atoms with Crippen molar-refractivity contribution in [3.63, 3.8) is 0 Å². The van der Waals surface area contributed by atoms with E-state index in [1.54, 1.807) is 0 Å². The van der Waals surface area contributed by atoms with Gasteiger partial charge in [0.1, 0.15) is 0 Å². The monoisotopic (exact) mass is 257 g/mol. The van der Waals surface area contributed by atoms with Gasteiger partial charge in [-0.2, -0.15) is 0 Å². The summed E-state index contributed by atoms with van der Waals surface area (Å²) in [6.07, 6.45) is 4.84. The van der Waals surface area contributed by atoms with Crippen molar-refractivity contribution in [1.82, 2.24) is 9.80 Å². The van der Waals surface area contributed by atoms with E-state index in [4.69, 9.17) is 5.73 Å². The van der Waals surface area contributed by atoms with Crippen LogP contribution in [-0.4, -0.2) is 55.1 Å². The van der Waals surface area contributed by atoms with Crippen LogP contribution in [0.25, 0.3) is 0 Å². The van der Waals surface area contributed by atoms with E-state index in [0.717, 1.165) is 26.2 Å². The van der Waals surface area contributed by atoms with Crippen molar-refractivity contribution in [1.29, 1.82) is 0 Å². The topological polar surface area (TPSA) is 32.5 Å². The highest BCUT2D eigenvalue weighted by Gasteiger charge is 2.05. The van der Waals surface area contributed by atoms with Crippen molar-refractivity contribution in [2.24, 2.45) is 5.73 Å². The summed E-state index contributed by atoms with van der Waals surface area (Å²) in [4.78, 5) is 4.95. The van der Waals surface area contributed by atoms with Crippen LogP contribution in [0.1, 0.15) is 53.4 Å². The normalized spacial score (nSPS) is 12.0. The Kier molecular flexibility index (Phi) is 11.9. The second kappa shape index (κ2) is 11.9. The zero-order valence-corrected chi connectivity index (χ0v) is 13.1. The zero-order valence-electron chi connectivity index (χ0n) is 13.1. The van der Waals surface area contributed by atoms with E-state index in [-0.39, 0.29) is 0 Å². The summed E-state index contributed by atoms with van der Waals surface area (Å²) in [5, 5.41) is 0. The maximum absolute atomic E-state index is 6.17. The molecule has 0 aliphatic rings. The van der Waals surface area contributed by atoms with Crippen LogP contribution < -0.4 is 5.73 Å². The molecule has 0 spiro atoms. The van der Waals surface area contributed by atoms with Gasteiger partial charge in [0, 0.05) is 6.04 Å². The first-order valence-electron chi connectivity index (χ1n) is 7.88. The van der Waals surface area contributed by atoms with Crippen molar-refractivity contribution in [3.8, 4) is 0 Å². The molecule has 3 nitrogen and oxygen atoms in total. The highest BCUT2D eigenvalue weighted by atomic mass is 15.1. The van der Waals surface area contributed by atoms with E-state index < -0.39 is 0 Å². The summed E-state index contributed by atoms with van der Waals surface area (Å²) >= 11 is 0. The van der Waals surface area contributed by atoms with Gasteiger partial charge in [-0.3, -0.25) is 0 Å². The summed E-state index contributed by atoms with van der Waals surface area (Å²) in [7, 11) is 0. The van der Waals surface area contributed by atoms with Gasteiger partial charge < -0.3 is 15.5 Å². The minimum absolute atomic E-state index is 0.399.